The van der Waals surface area contributed by atoms with E-state index in [2.05, 4.69) is 67.8 Å². The van der Waals surface area contributed by atoms with Crippen molar-refractivity contribution in [2.24, 2.45) is 0 Å². The van der Waals surface area contributed by atoms with Gasteiger partial charge in [0.05, 0.1) is 13.2 Å². The van der Waals surface area contributed by atoms with Crippen molar-refractivity contribution in [3.8, 4) is 0 Å². The van der Waals surface area contributed by atoms with Crippen molar-refractivity contribution in [2.75, 3.05) is 19.8 Å². The second-order valence-electron chi connectivity index (χ2n) is 15.9. The maximum absolute atomic E-state index is 12.3. The molecule has 0 aromatic rings. The molecule has 0 spiro atoms. The number of phosphoric acid groups is 1. The Morgan fingerprint density at radius 3 is 1.42 bits per heavy atom. The molecule has 0 bridgehead atoms. The summed E-state index contributed by atoms with van der Waals surface area (Å²) in [7, 11) is -4.76. The SMILES string of the molecule is CCCCC/C=C\C/C=C\C/C=C\CCCCCCCCC(=O)OCC(O)COP(=O)(O)OCC(NC(=O)CCCCCCCCC/C=C\CCCCCCCC)C(=O)O. The third-order valence-electron chi connectivity index (χ3n) is 10.1. The lowest BCUT2D eigenvalue weighted by molar-refractivity contribution is -0.147. The maximum Gasteiger partial charge on any atom is 0.472 e. The molecule has 0 heterocycles. The topological polar surface area (TPSA) is 169 Å². The summed E-state index contributed by atoms with van der Waals surface area (Å²) in [4.78, 5) is 46.0. The van der Waals surface area contributed by atoms with Crippen LogP contribution in [0.4, 0.5) is 0 Å². The predicted octanol–water partition coefficient (Wildman–Crippen LogP) is 12.6. The number of hydrogen-bond donors (Lipinski definition) is 4. The highest BCUT2D eigenvalue weighted by molar-refractivity contribution is 7.47. The molecule has 0 rings (SSSR count). The fraction of sp³-hybridized carbons (Fsp3) is 0.771. The number of aliphatic hydroxyl groups is 1. The first-order valence-corrected chi connectivity index (χ1v) is 25.2. The molecule has 12 heteroatoms. The molecule has 3 atom stereocenters. The van der Waals surface area contributed by atoms with Crippen molar-refractivity contribution in [3.63, 3.8) is 0 Å². The van der Waals surface area contributed by atoms with Gasteiger partial charge in [0, 0.05) is 12.8 Å². The zero-order valence-electron chi connectivity index (χ0n) is 37.8. The van der Waals surface area contributed by atoms with Crippen molar-refractivity contribution in [1.82, 2.24) is 5.32 Å². The molecule has 348 valence electrons. The zero-order valence-corrected chi connectivity index (χ0v) is 38.6. The lowest BCUT2D eigenvalue weighted by Gasteiger charge is -2.18. The minimum Gasteiger partial charge on any atom is -0.480 e. The van der Waals surface area contributed by atoms with Crippen molar-refractivity contribution < 1.29 is 47.8 Å². The molecule has 1 amide bonds. The van der Waals surface area contributed by atoms with Crippen LogP contribution in [0.25, 0.3) is 0 Å². The second-order valence-corrected chi connectivity index (χ2v) is 17.4. The van der Waals surface area contributed by atoms with Crippen LogP contribution in [0.2, 0.25) is 0 Å². The molecule has 3 unspecified atom stereocenters. The van der Waals surface area contributed by atoms with Gasteiger partial charge in [-0.1, -0.05) is 165 Å². The van der Waals surface area contributed by atoms with Crippen LogP contribution in [0.1, 0.15) is 206 Å². The number of aliphatic hydroxyl groups excluding tert-OH is 1. The van der Waals surface area contributed by atoms with Gasteiger partial charge in [0.25, 0.3) is 0 Å². The molecule has 0 aromatic carbocycles. The van der Waals surface area contributed by atoms with E-state index in [9.17, 15) is 34.1 Å². The van der Waals surface area contributed by atoms with E-state index in [1.165, 1.54) is 83.5 Å². The molecular formula is C48H86NO10P. The van der Waals surface area contributed by atoms with E-state index in [1.807, 2.05) is 0 Å². The van der Waals surface area contributed by atoms with Crippen LogP contribution in [0.3, 0.4) is 0 Å². The van der Waals surface area contributed by atoms with Crippen LogP contribution < -0.4 is 5.32 Å². The second kappa shape index (κ2) is 43.1. The van der Waals surface area contributed by atoms with E-state index in [0.29, 0.717) is 12.8 Å². The van der Waals surface area contributed by atoms with E-state index in [-0.39, 0.29) is 12.8 Å². The molecule has 0 radical (unpaired) electrons. The highest BCUT2D eigenvalue weighted by Crippen LogP contribution is 2.43. The number of nitrogens with one attached hydrogen (secondary N) is 1. The van der Waals surface area contributed by atoms with Gasteiger partial charge in [-0.15, -0.1) is 0 Å². The Balaban J connectivity index is 3.90. The first-order chi connectivity index (χ1) is 29.1. The number of allylic oxidation sites excluding steroid dienone is 8. The van der Waals surface area contributed by atoms with Crippen LogP contribution in [0.15, 0.2) is 48.6 Å². The average Bonchev–Trinajstić information content (AvgIpc) is 3.22. The summed E-state index contributed by atoms with van der Waals surface area (Å²) in [5.41, 5.74) is 0. The summed E-state index contributed by atoms with van der Waals surface area (Å²) in [6, 6.07) is -1.55. The number of rotatable bonds is 44. The Morgan fingerprint density at radius 2 is 0.917 bits per heavy atom. The smallest absolute Gasteiger partial charge is 0.472 e. The monoisotopic (exact) mass is 868 g/mol. The van der Waals surface area contributed by atoms with E-state index < -0.39 is 57.6 Å². The normalized spacial score (nSPS) is 14.1. The molecule has 11 nitrogen and oxygen atoms in total. The van der Waals surface area contributed by atoms with Gasteiger partial charge in [0.15, 0.2) is 6.04 Å². The van der Waals surface area contributed by atoms with E-state index in [1.54, 1.807) is 0 Å². The molecule has 0 aromatic heterocycles. The van der Waals surface area contributed by atoms with Gasteiger partial charge in [0.2, 0.25) is 5.91 Å². The Hall–Kier alpha value is -2.56. The van der Waals surface area contributed by atoms with E-state index in [0.717, 1.165) is 83.5 Å². The largest absolute Gasteiger partial charge is 0.480 e. The summed E-state index contributed by atoms with van der Waals surface area (Å²) in [6.45, 7) is 2.56. The molecule has 0 aliphatic rings. The van der Waals surface area contributed by atoms with Crippen LogP contribution in [-0.4, -0.2) is 64.9 Å². The minimum atomic E-state index is -4.76. The van der Waals surface area contributed by atoms with Gasteiger partial charge in [-0.25, -0.2) is 9.36 Å². The van der Waals surface area contributed by atoms with Gasteiger partial charge in [-0.05, 0) is 77.0 Å². The van der Waals surface area contributed by atoms with Gasteiger partial charge >= 0.3 is 19.8 Å². The molecule has 0 aliphatic heterocycles. The third-order valence-corrected chi connectivity index (χ3v) is 11.0. The third kappa shape index (κ3) is 42.1. The van der Waals surface area contributed by atoms with E-state index >= 15 is 0 Å². The average molecular weight is 868 g/mol. The number of carbonyl (C=O) groups is 3. The number of carboxylic acids is 1. The Kier molecular flexibility index (Phi) is 41.3. The van der Waals surface area contributed by atoms with Gasteiger partial charge in [-0.2, -0.15) is 0 Å². The fourth-order valence-corrected chi connectivity index (χ4v) is 7.15. The van der Waals surface area contributed by atoms with Crippen LogP contribution in [-0.2, 0) is 32.7 Å². The highest BCUT2D eigenvalue weighted by Gasteiger charge is 2.28. The molecule has 4 N–H and O–H groups in total. The van der Waals surface area contributed by atoms with Crippen LogP contribution >= 0.6 is 7.82 Å². The first-order valence-electron chi connectivity index (χ1n) is 23.7. The Morgan fingerprint density at radius 1 is 0.533 bits per heavy atom. The summed E-state index contributed by atoms with van der Waals surface area (Å²) < 4.78 is 26.9. The minimum absolute atomic E-state index is 0.139. The Bertz CT molecular complexity index is 1200. The summed E-state index contributed by atoms with van der Waals surface area (Å²) in [6.07, 6.45) is 48.4. The highest BCUT2D eigenvalue weighted by atomic mass is 31.2. The number of esters is 1. The number of unbranched alkanes of at least 4 members (excludes halogenated alkanes) is 22. The molecule has 0 saturated heterocycles. The molecular weight excluding hydrogens is 781 g/mol. The molecule has 0 fully saturated rings. The maximum atomic E-state index is 12.3. The molecule has 0 aliphatic carbocycles. The Labute approximate surface area is 364 Å². The number of hydrogen-bond acceptors (Lipinski definition) is 8. The number of carboxylic acid groups (broad SMARTS) is 1. The zero-order chi connectivity index (χ0) is 44.2. The van der Waals surface area contributed by atoms with Gasteiger partial charge in [0.1, 0.15) is 12.7 Å². The summed E-state index contributed by atoms with van der Waals surface area (Å²) >= 11 is 0. The van der Waals surface area contributed by atoms with Gasteiger partial charge < -0.3 is 25.2 Å². The number of ether oxygens (including phenoxy) is 1. The van der Waals surface area contributed by atoms with Gasteiger partial charge in [-0.3, -0.25) is 18.6 Å². The standard InChI is InChI=1S/C48H86NO10P/c1-3-5-7-9-11-13-15-17-19-21-22-24-26-28-30-32-34-36-38-40-47(52)57-41-44(50)42-58-60(55,56)59-43-45(48(53)54)49-46(51)39-37-35-33-31-29-27-25-23-20-18-16-14-12-10-8-6-4-2/h11,13,17-20,22,24,44-45,50H,3-10,12,14-16,21,23,25-43H2,1-2H3,(H,49,51)(H,53,54)(H,55,56)/b13-11-,19-17-,20-18-,24-22-. The van der Waals surface area contributed by atoms with Crippen LogP contribution in [0, 0.1) is 0 Å². The quantitative estimate of drug-likeness (QED) is 0.0200. The predicted molar refractivity (Wildman–Crippen MR) is 245 cm³/mol. The number of aliphatic carboxylic acids is 1. The summed E-state index contributed by atoms with van der Waals surface area (Å²) in [5, 5.41) is 21.9. The number of amides is 1. The lowest BCUT2D eigenvalue weighted by Crippen LogP contribution is -2.43. The van der Waals surface area contributed by atoms with Crippen molar-refractivity contribution in [1.29, 1.82) is 0 Å². The van der Waals surface area contributed by atoms with Crippen molar-refractivity contribution >= 4 is 25.7 Å². The van der Waals surface area contributed by atoms with E-state index in [4.69, 9.17) is 13.8 Å². The first kappa shape index (κ1) is 57.4. The lowest BCUT2D eigenvalue weighted by atomic mass is 10.1. The number of phosphoric ester groups is 1. The molecule has 0 saturated carbocycles. The number of carbonyl (C=O) groups excluding carboxylic acids is 2. The van der Waals surface area contributed by atoms with Crippen molar-refractivity contribution in [2.45, 2.75) is 219 Å². The van der Waals surface area contributed by atoms with Crippen molar-refractivity contribution in [3.05, 3.63) is 48.6 Å². The van der Waals surface area contributed by atoms with Crippen LogP contribution in [0.5, 0.6) is 0 Å². The molecule has 60 heavy (non-hydrogen) atoms. The summed E-state index contributed by atoms with van der Waals surface area (Å²) in [5.74, 6) is -2.39. The fourth-order valence-electron chi connectivity index (χ4n) is 6.38.